The van der Waals surface area contributed by atoms with Crippen LogP contribution in [0.2, 0.25) is 0 Å². The minimum Gasteiger partial charge on any atom is -0.489 e. The minimum absolute atomic E-state index is 0.147. The van der Waals surface area contributed by atoms with E-state index >= 15 is 0 Å². The number of hydrogen-bond acceptors (Lipinski definition) is 10. The number of piperidine rings is 2. The molecular formula is C44H49F3N8O5. The quantitative estimate of drug-likeness (QED) is 0.111. The first-order chi connectivity index (χ1) is 28.6. The van der Waals surface area contributed by atoms with Crippen molar-refractivity contribution >= 4 is 52.2 Å². The Labute approximate surface area is 346 Å². The Morgan fingerprint density at radius 2 is 1.73 bits per heavy atom. The Kier molecular flexibility index (Phi) is 12.0. The van der Waals surface area contributed by atoms with Gasteiger partial charge in [0.2, 0.25) is 11.8 Å². The van der Waals surface area contributed by atoms with Crippen LogP contribution in [-0.4, -0.2) is 83.8 Å². The zero-order chi connectivity index (χ0) is 42.9. The third-order valence-electron chi connectivity index (χ3n) is 11.2. The van der Waals surface area contributed by atoms with Crippen molar-refractivity contribution in [2.24, 2.45) is 0 Å². The Hall–Kier alpha value is -6.16. The molecule has 1 unspecified atom stereocenters. The van der Waals surface area contributed by atoms with Crippen molar-refractivity contribution in [3.63, 3.8) is 0 Å². The second-order valence-corrected chi connectivity index (χ2v) is 15.8. The van der Waals surface area contributed by atoms with Crippen molar-refractivity contribution < 1.29 is 37.1 Å². The summed E-state index contributed by atoms with van der Waals surface area (Å²) in [6.07, 6.45) is -1.81. The van der Waals surface area contributed by atoms with Gasteiger partial charge in [0.15, 0.2) is 0 Å². The molecule has 1 atom stereocenters. The van der Waals surface area contributed by atoms with Gasteiger partial charge in [-0.2, -0.15) is 13.2 Å². The van der Waals surface area contributed by atoms with Crippen molar-refractivity contribution in [1.82, 2.24) is 25.4 Å². The number of carbonyl (C=O) groups is 4. The Balaban J connectivity index is 1.03. The Morgan fingerprint density at radius 3 is 2.43 bits per heavy atom. The topological polar surface area (TPSA) is 148 Å². The number of halogens is 3. The molecule has 1 aromatic heterocycles. The number of carbonyl (C=O) groups excluding carboxylic acids is 4. The normalized spacial score (nSPS) is 17.2. The summed E-state index contributed by atoms with van der Waals surface area (Å²) in [6.45, 7) is 8.39. The molecule has 3 aliphatic rings. The number of para-hydroxylation sites is 1. The highest BCUT2D eigenvalue weighted by atomic mass is 19.4. The molecule has 13 nitrogen and oxygen atoms in total. The van der Waals surface area contributed by atoms with Gasteiger partial charge in [0, 0.05) is 75.3 Å². The number of nitrogens with zero attached hydrogens (tertiary/aromatic N) is 4. The Morgan fingerprint density at radius 1 is 0.983 bits per heavy atom. The maximum atomic E-state index is 14.2. The summed E-state index contributed by atoms with van der Waals surface area (Å²) in [5.41, 5.74) is 4.17. The molecule has 4 N–H and O–H groups in total. The second kappa shape index (κ2) is 17.2. The van der Waals surface area contributed by atoms with E-state index in [9.17, 15) is 32.3 Å². The number of pyridine rings is 1. The molecule has 3 aliphatic heterocycles. The molecule has 2 fully saturated rings. The molecule has 4 heterocycles. The summed E-state index contributed by atoms with van der Waals surface area (Å²) in [7, 11) is 3.55. The van der Waals surface area contributed by atoms with E-state index in [1.807, 2.05) is 51.1 Å². The summed E-state index contributed by atoms with van der Waals surface area (Å²) in [5.74, 6) is -0.697. The van der Waals surface area contributed by atoms with Crippen LogP contribution in [0.15, 0.2) is 66.9 Å². The molecule has 316 valence electrons. The number of alkyl halides is 3. The maximum Gasteiger partial charge on any atom is 0.419 e. The molecule has 2 saturated heterocycles. The monoisotopic (exact) mass is 826 g/mol. The van der Waals surface area contributed by atoms with E-state index in [1.165, 1.54) is 25.2 Å². The van der Waals surface area contributed by atoms with Crippen LogP contribution >= 0.6 is 0 Å². The molecule has 0 aliphatic carbocycles. The molecule has 4 aromatic rings. The highest BCUT2D eigenvalue weighted by Gasteiger charge is 2.39. The van der Waals surface area contributed by atoms with Gasteiger partial charge in [-0.25, -0.2) is 4.98 Å². The van der Waals surface area contributed by atoms with Crippen molar-refractivity contribution in [2.45, 2.75) is 83.9 Å². The number of aryl methyl sites for hydroxylation is 1. The average molecular weight is 827 g/mol. The van der Waals surface area contributed by atoms with E-state index in [0.717, 1.165) is 54.5 Å². The van der Waals surface area contributed by atoms with Crippen LogP contribution < -0.4 is 30.9 Å². The molecule has 0 spiro atoms. The van der Waals surface area contributed by atoms with Crippen molar-refractivity contribution in [2.75, 3.05) is 42.7 Å². The second-order valence-electron chi connectivity index (χ2n) is 15.8. The van der Waals surface area contributed by atoms with Crippen LogP contribution in [0.3, 0.4) is 0 Å². The van der Waals surface area contributed by atoms with Gasteiger partial charge in [-0.05, 0) is 88.0 Å². The lowest BCUT2D eigenvalue weighted by Crippen LogP contribution is -2.52. The fourth-order valence-corrected chi connectivity index (χ4v) is 8.22. The number of anilines is 5. The van der Waals surface area contributed by atoms with Gasteiger partial charge < -0.3 is 30.5 Å². The highest BCUT2D eigenvalue weighted by Crippen LogP contribution is 2.40. The predicted molar refractivity (Wildman–Crippen MR) is 222 cm³/mol. The number of rotatable bonds is 12. The van der Waals surface area contributed by atoms with Gasteiger partial charge in [0.05, 0.1) is 34.3 Å². The molecule has 3 aromatic carbocycles. The molecule has 0 bridgehead atoms. The fourth-order valence-electron chi connectivity index (χ4n) is 8.22. The zero-order valence-corrected chi connectivity index (χ0v) is 34.2. The highest BCUT2D eigenvalue weighted by molar-refractivity contribution is 6.05. The summed E-state index contributed by atoms with van der Waals surface area (Å²) < 4.78 is 48.8. The van der Waals surface area contributed by atoms with Crippen molar-refractivity contribution in [1.29, 1.82) is 0 Å². The standard InChI is InChI=1S/C44H49F3N8O5/c1-25(2)60-38-21-37(26(3)18-35(38)51-39-20-34(32(22-49-39)44(45,46)47)50-33-9-7-6-8-31(33)41(57)48-4)54-16-14-29(15-17-54)53(5)23-27-10-11-30-28(19-27)24-55(43(30)59)36-12-13-40(56)52-42(36)58/h6-11,18-22,25,29,36H,12-17,23-24H2,1-5H3,(H,48,57)(H2,49,50,51)(H,52,56,58). The fraction of sp³-hybridized carbons (Fsp3) is 0.386. The first kappa shape index (κ1) is 42.0. The lowest BCUT2D eigenvalue weighted by molar-refractivity contribution is -0.138. The molecule has 4 amide bonds. The van der Waals surface area contributed by atoms with E-state index in [4.69, 9.17) is 4.74 Å². The van der Waals surface area contributed by atoms with Crippen LogP contribution in [0.1, 0.15) is 82.5 Å². The average Bonchev–Trinajstić information content (AvgIpc) is 3.52. The largest absolute Gasteiger partial charge is 0.489 e. The van der Waals surface area contributed by atoms with E-state index in [2.05, 4.69) is 43.1 Å². The van der Waals surface area contributed by atoms with Gasteiger partial charge in [-0.3, -0.25) is 29.4 Å². The molecule has 16 heteroatoms. The summed E-state index contributed by atoms with van der Waals surface area (Å²) in [5, 5.41) is 10.9. The first-order valence-corrected chi connectivity index (χ1v) is 20.0. The van der Waals surface area contributed by atoms with E-state index in [1.54, 1.807) is 17.0 Å². The van der Waals surface area contributed by atoms with Crippen LogP contribution in [0.5, 0.6) is 5.75 Å². The number of nitrogens with one attached hydrogen (secondary N) is 4. The minimum atomic E-state index is -4.71. The first-order valence-electron chi connectivity index (χ1n) is 20.0. The number of hydrogen-bond donors (Lipinski definition) is 4. The van der Waals surface area contributed by atoms with Crippen molar-refractivity contribution in [3.8, 4) is 5.75 Å². The number of ether oxygens (including phenoxy) is 1. The summed E-state index contributed by atoms with van der Waals surface area (Å²) in [6, 6.07) is 17.0. The maximum absolute atomic E-state index is 14.2. The molecule has 7 rings (SSSR count). The zero-order valence-electron chi connectivity index (χ0n) is 34.2. The van der Waals surface area contributed by atoms with Crippen LogP contribution in [0.25, 0.3) is 0 Å². The van der Waals surface area contributed by atoms with Gasteiger partial charge in [0.1, 0.15) is 17.6 Å². The number of imide groups is 1. The van der Waals surface area contributed by atoms with Crippen LogP contribution in [-0.2, 0) is 28.9 Å². The van der Waals surface area contributed by atoms with Gasteiger partial charge in [-0.1, -0.05) is 24.3 Å². The SMILES string of the molecule is CNC(=O)c1ccccc1Nc1cc(Nc2cc(C)c(N3CCC(N(C)Cc4ccc5c(c4)CN(C4CCC(=O)NC4=O)C5=O)CC3)cc2OC(C)C)ncc1C(F)(F)F. The van der Waals surface area contributed by atoms with Crippen molar-refractivity contribution in [3.05, 3.63) is 100 Å². The smallest absolute Gasteiger partial charge is 0.419 e. The van der Waals surface area contributed by atoms with Gasteiger partial charge >= 0.3 is 6.18 Å². The van der Waals surface area contributed by atoms with Gasteiger partial charge in [0.25, 0.3) is 11.8 Å². The third-order valence-corrected chi connectivity index (χ3v) is 11.2. The van der Waals surface area contributed by atoms with Crippen LogP contribution in [0, 0.1) is 6.92 Å². The molecule has 0 radical (unpaired) electrons. The molecule has 60 heavy (non-hydrogen) atoms. The third kappa shape index (κ3) is 9.03. The summed E-state index contributed by atoms with van der Waals surface area (Å²) in [4.78, 5) is 60.1. The molecular weight excluding hydrogens is 778 g/mol. The van der Waals surface area contributed by atoms with Gasteiger partial charge in [-0.15, -0.1) is 0 Å². The van der Waals surface area contributed by atoms with E-state index in [-0.39, 0.29) is 47.1 Å². The lowest BCUT2D eigenvalue weighted by Gasteiger charge is -2.38. The lowest BCUT2D eigenvalue weighted by atomic mass is 10.00. The number of aromatic nitrogens is 1. The summed E-state index contributed by atoms with van der Waals surface area (Å²) >= 11 is 0. The predicted octanol–water partition coefficient (Wildman–Crippen LogP) is 6.90. The molecule has 0 saturated carbocycles. The van der Waals surface area contributed by atoms with E-state index in [0.29, 0.717) is 42.6 Å². The number of fused-ring (bicyclic) bond motifs is 1. The number of amides is 4. The number of benzene rings is 3. The van der Waals surface area contributed by atoms with Crippen LogP contribution in [0.4, 0.5) is 41.7 Å². The van der Waals surface area contributed by atoms with E-state index < -0.39 is 29.6 Å². The Bertz CT molecular complexity index is 2310.